The quantitative estimate of drug-likeness (QED) is 0.557. The monoisotopic (exact) mass is 445 g/mol. The van der Waals surface area contributed by atoms with Crippen molar-refractivity contribution in [2.45, 2.75) is 38.7 Å². The Morgan fingerprint density at radius 3 is 2.45 bits per heavy atom. The lowest BCUT2D eigenvalue weighted by Crippen LogP contribution is -2.27. The first-order valence-corrected chi connectivity index (χ1v) is 12.0. The molecule has 1 atom stereocenters. The lowest BCUT2D eigenvalue weighted by atomic mass is 10.1. The highest BCUT2D eigenvalue weighted by atomic mass is 32.2. The van der Waals surface area contributed by atoms with Gasteiger partial charge in [-0.25, -0.2) is 8.42 Å². The molecule has 1 N–H and O–H groups in total. The van der Waals surface area contributed by atoms with Crippen LogP contribution in [-0.4, -0.2) is 33.8 Å². The minimum atomic E-state index is -3.37. The van der Waals surface area contributed by atoms with E-state index in [0.717, 1.165) is 11.8 Å². The number of methoxy groups -OCH3 is 1. The van der Waals surface area contributed by atoms with Crippen LogP contribution in [0.1, 0.15) is 48.5 Å². The van der Waals surface area contributed by atoms with E-state index in [1.165, 1.54) is 0 Å². The Morgan fingerprint density at radius 1 is 1.10 bits per heavy atom. The summed E-state index contributed by atoms with van der Waals surface area (Å²) in [4.78, 5) is 13.0. The molecule has 0 aliphatic rings. The fourth-order valence-electron chi connectivity index (χ4n) is 3.34. The minimum Gasteiger partial charge on any atom is -0.493 e. The summed E-state index contributed by atoms with van der Waals surface area (Å²) in [5.41, 5.74) is 1.64. The van der Waals surface area contributed by atoms with Gasteiger partial charge in [0.25, 0.3) is 5.91 Å². The maximum absolute atomic E-state index is 13.0. The molecule has 0 bridgehead atoms. The van der Waals surface area contributed by atoms with Gasteiger partial charge in [-0.05, 0) is 44.5 Å². The van der Waals surface area contributed by atoms with E-state index in [2.05, 4.69) is 5.32 Å². The molecule has 1 unspecified atom stereocenters. The number of nitrogens with one attached hydrogen (secondary N) is 1. The van der Waals surface area contributed by atoms with Crippen LogP contribution in [-0.2, 0) is 15.6 Å². The van der Waals surface area contributed by atoms with Crippen LogP contribution in [0.3, 0.4) is 0 Å². The van der Waals surface area contributed by atoms with Crippen molar-refractivity contribution in [3.63, 3.8) is 0 Å². The van der Waals surface area contributed by atoms with E-state index in [1.54, 1.807) is 43.5 Å². The summed E-state index contributed by atoms with van der Waals surface area (Å²) in [7, 11) is -1.81. The lowest BCUT2D eigenvalue weighted by molar-refractivity contribution is 0.0913. The van der Waals surface area contributed by atoms with Crippen molar-refractivity contribution >= 4 is 26.7 Å². The molecule has 31 heavy (non-hydrogen) atoms. The number of hydrogen-bond acceptors (Lipinski definition) is 6. The highest BCUT2D eigenvalue weighted by Gasteiger charge is 2.24. The molecule has 0 spiro atoms. The zero-order chi connectivity index (χ0) is 22.8. The van der Waals surface area contributed by atoms with Gasteiger partial charge in [0.2, 0.25) is 0 Å². The van der Waals surface area contributed by atoms with E-state index in [-0.39, 0.29) is 23.7 Å². The van der Waals surface area contributed by atoms with E-state index in [0.29, 0.717) is 28.0 Å². The summed E-state index contributed by atoms with van der Waals surface area (Å²) in [6, 6.07) is 12.1. The predicted octanol–water partition coefficient (Wildman–Crippen LogP) is 4.26. The number of carbonyl (C=O) groups excluding carboxylic acids is 1. The van der Waals surface area contributed by atoms with Gasteiger partial charge >= 0.3 is 0 Å². The molecule has 0 saturated heterocycles. The van der Waals surface area contributed by atoms with E-state index >= 15 is 0 Å². The number of carbonyl (C=O) groups is 1. The van der Waals surface area contributed by atoms with Gasteiger partial charge in [0.1, 0.15) is 5.58 Å². The van der Waals surface area contributed by atoms with Crippen molar-refractivity contribution in [1.29, 1.82) is 0 Å². The largest absolute Gasteiger partial charge is 0.493 e. The van der Waals surface area contributed by atoms with Crippen molar-refractivity contribution in [3.8, 4) is 11.5 Å². The minimum absolute atomic E-state index is 0.00164. The number of hydrogen-bond donors (Lipinski definition) is 1. The second-order valence-corrected chi connectivity index (χ2v) is 9.89. The summed E-state index contributed by atoms with van der Waals surface area (Å²) in [6.45, 7) is 5.68. The van der Waals surface area contributed by atoms with Crippen LogP contribution in [0.5, 0.6) is 11.5 Å². The highest BCUT2D eigenvalue weighted by molar-refractivity contribution is 7.89. The van der Waals surface area contributed by atoms with E-state index in [4.69, 9.17) is 13.9 Å². The maximum atomic E-state index is 13.0. The Labute approximate surface area is 182 Å². The van der Waals surface area contributed by atoms with Gasteiger partial charge in [-0.15, -0.1) is 0 Å². The number of rotatable bonds is 8. The SMILES string of the molecule is COc1cc(C(C)NC(=O)c2oc3ccccc3c2CS(C)(=O)=O)ccc1OC(C)C. The van der Waals surface area contributed by atoms with Crippen LogP contribution in [0.4, 0.5) is 0 Å². The third-order valence-electron chi connectivity index (χ3n) is 4.71. The normalized spacial score (nSPS) is 12.7. The van der Waals surface area contributed by atoms with E-state index < -0.39 is 15.7 Å². The Balaban J connectivity index is 1.89. The Kier molecular flexibility index (Phi) is 6.59. The highest BCUT2D eigenvalue weighted by Crippen LogP contribution is 2.32. The smallest absolute Gasteiger partial charge is 0.287 e. The fraction of sp³-hybridized carbons (Fsp3) is 0.348. The first-order valence-electron chi connectivity index (χ1n) is 9.92. The Bertz CT molecular complexity index is 1200. The average molecular weight is 446 g/mol. The standard InChI is InChI=1S/C23H27NO6S/c1-14(2)29-20-11-10-16(12-21(20)28-4)15(3)24-23(25)22-18(13-31(5,26)27)17-8-6-7-9-19(17)30-22/h6-12,14-15H,13H2,1-5H3,(H,24,25). The molecule has 3 rings (SSSR count). The van der Waals surface area contributed by atoms with Gasteiger partial charge in [-0.1, -0.05) is 24.3 Å². The molecule has 0 aliphatic heterocycles. The number of ether oxygens (including phenoxy) is 2. The summed E-state index contributed by atoms with van der Waals surface area (Å²) in [5.74, 6) is 0.422. The lowest BCUT2D eigenvalue weighted by Gasteiger charge is -2.18. The van der Waals surface area contributed by atoms with Gasteiger partial charge in [0, 0.05) is 17.2 Å². The Hall–Kier alpha value is -3.00. The molecule has 1 aromatic heterocycles. The summed E-state index contributed by atoms with van der Waals surface area (Å²) < 4.78 is 40.8. The molecular formula is C23H27NO6S. The maximum Gasteiger partial charge on any atom is 0.287 e. The predicted molar refractivity (Wildman–Crippen MR) is 119 cm³/mol. The first-order chi connectivity index (χ1) is 14.6. The number of sulfone groups is 1. The topological polar surface area (TPSA) is 94.8 Å². The molecule has 8 heteroatoms. The van der Waals surface area contributed by atoms with Crippen molar-refractivity contribution in [3.05, 3.63) is 59.4 Å². The van der Waals surface area contributed by atoms with Gasteiger partial charge in [0.15, 0.2) is 27.1 Å². The van der Waals surface area contributed by atoms with Gasteiger partial charge < -0.3 is 19.2 Å². The second kappa shape index (κ2) is 9.01. The molecular weight excluding hydrogens is 418 g/mol. The van der Waals surface area contributed by atoms with Crippen LogP contribution in [0.25, 0.3) is 11.0 Å². The van der Waals surface area contributed by atoms with E-state index in [9.17, 15) is 13.2 Å². The van der Waals surface area contributed by atoms with Crippen LogP contribution < -0.4 is 14.8 Å². The van der Waals surface area contributed by atoms with Crippen molar-refractivity contribution in [2.75, 3.05) is 13.4 Å². The van der Waals surface area contributed by atoms with Gasteiger partial charge in [-0.2, -0.15) is 0 Å². The van der Waals surface area contributed by atoms with Crippen molar-refractivity contribution < 1.29 is 27.1 Å². The number of para-hydroxylation sites is 1. The average Bonchev–Trinajstić information content (AvgIpc) is 3.05. The third kappa shape index (κ3) is 5.38. The molecule has 2 aromatic carbocycles. The van der Waals surface area contributed by atoms with Crippen LogP contribution in [0.2, 0.25) is 0 Å². The zero-order valence-electron chi connectivity index (χ0n) is 18.3. The zero-order valence-corrected chi connectivity index (χ0v) is 19.1. The first kappa shape index (κ1) is 22.7. The molecule has 166 valence electrons. The summed E-state index contributed by atoms with van der Waals surface area (Å²) in [5, 5.41) is 3.50. The van der Waals surface area contributed by atoms with Crippen LogP contribution >= 0.6 is 0 Å². The second-order valence-electron chi connectivity index (χ2n) is 7.75. The number of furan rings is 1. The fourth-order valence-corrected chi connectivity index (χ4v) is 4.15. The Morgan fingerprint density at radius 2 is 1.81 bits per heavy atom. The molecule has 0 saturated carbocycles. The molecule has 0 aliphatic carbocycles. The van der Waals surface area contributed by atoms with Crippen LogP contribution in [0, 0.1) is 0 Å². The molecule has 7 nitrogen and oxygen atoms in total. The molecule has 0 radical (unpaired) electrons. The number of fused-ring (bicyclic) bond motifs is 1. The molecule has 1 heterocycles. The van der Waals surface area contributed by atoms with E-state index in [1.807, 2.05) is 26.8 Å². The van der Waals surface area contributed by atoms with Gasteiger partial charge in [-0.3, -0.25) is 4.79 Å². The molecule has 0 fully saturated rings. The summed E-state index contributed by atoms with van der Waals surface area (Å²) in [6.07, 6.45) is 1.13. The van der Waals surface area contributed by atoms with Crippen molar-refractivity contribution in [1.82, 2.24) is 5.32 Å². The third-order valence-corrected chi connectivity index (χ3v) is 5.52. The van der Waals surface area contributed by atoms with Crippen molar-refractivity contribution in [2.24, 2.45) is 0 Å². The van der Waals surface area contributed by atoms with Crippen LogP contribution in [0.15, 0.2) is 46.9 Å². The molecule has 3 aromatic rings. The number of benzene rings is 2. The molecule has 1 amide bonds. The van der Waals surface area contributed by atoms with Gasteiger partial charge in [0.05, 0.1) is 25.0 Å². The summed E-state index contributed by atoms with van der Waals surface area (Å²) >= 11 is 0. The number of amides is 1.